The van der Waals surface area contributed by atoms with E-state index in [2.05, 4.69) is 247 Å². The van der Waals surface area contributed by atoms with Gasteiger partial charge in [0.1, 0.15) is 11.6 Å². The summed E-state index contributed by atoms with van der Waals surface area (Å²) < 4.78 is 36.4. The van der Waals surface area contributed by atoms with Gasteiger partial charge in [0.05, 0.1) is 0 Å². The third kappa shape index (κ3) is 8.49. The highest BCUT2D eigenvalue weighted by Crippen LogP contribution is 2.62. The van der Waals surface area contributed by atoms with Gasteiger partial charge in [-0.1, -0.05) is 173 Å². The van der Waals surface area contributed by atoms with Crippen molar-refractivity contribution in [2.24, 2.45) is 0 Å². The summed E-state index contributed by atoms with van der Waals surface area (Å²) >= 11 is 0. The number of hydrogen-bond donors (Lipinski definition) is 0. The van der Waals surface area contributed by atoms with Crippen LogP contribution in [-0.4, -0.2) is 0 Å². The molecule has 0 unspecified atom stereocenters. The molecule has 0 bridgehead atoms. The van der Waals surface area contributed by atoms with E-state index in [4.69, 9.17) is 0 Å². The number of anilines is 6. The van der Waals surface area contributed by atoms with Gasteiger partial charge >= 0.3 is 0 Å². The van der Waals surface area contributed by atoms with Crippen LogP contribution in [0.4, 0.5) is 42.9 Å². The van der Waals surface area contributed by atoms with Crippen LogP contribution in [0.15, 0.2) is 243 Å². The van der Waals surface area contributed by atoms with Crippen LogP contribution in [0.25, 0.3) is 77.5 Å². The van der Waals surface area contributed by atoms with Gasteiger partial charge in [0.15, 0.2) is 0 Å². The summed E-state index contributed by atoms with van der Waals surface area (Å²) in [5.74, 6) is -0.645. The summed E-state index contributed by atoms with van der Waals surface area (Å²) in [5, 5.41) is 1.73. The Morgan fingerprint density at radius 3 is 0.964 bits per heavy atom. The molecule has 84 heavy (non-hydrogen) atoms. The van der Waals surface area contributed by atoms with E-state index in [1.165, 1.54) is 22.3 Å². The van der Waals surface area contributed by atoms with Gasteiger partial charge in [0.25, 0.3) is 0 Å². The molecule has 2 aliphatic rings. The summed E-state index contributed by atoms with van der Waals surface area (Å²) in [6.07, 6.45) is 0. The topological polar surface area (TPSA) is 6.48 Å². The maximum Gasteiger partial charge on any atom is 0.131 e. The monoisotopic (exact) mass is 1090 g/mol. The molecule has 408 valence electrons. The predicted octanol–water partition coefficient (Wildman–Crippen LogP) is 22.6. The second kappa shape index (κ2) is 20.1. The summed E-state index contributed by atoms with van der Waals surface area (Å²) in [5.41, 5.74) is 24.2. The minimum absolute atomic E-state index is 0.323. The van der Waals surface area contributed by atoms with E-state index >= 15 is 8.78 Å². The van der Waals surface area contributed by atoms with Crippen molar-refractivity contribution in [2.75, 3.05) is 9.80 Å². The van der Waals surface area contributed by atoms with Crippen LogP contribution < -0.4 is 9.80 Å². The molecule has 0 radical (unpaired) electrons. The van der Waals surface area contributed by atoms with Crippen LogP contribution >= 0.6 is 0 Å². The Bertz CT molecular complexity index is 4260. The van der Waals surface area contributed by atoms with Crippen LogP contribution in [0.5, 0.6) is 0 Å². The predicted molar refractivity (Wildman–Crippen MR) is 349 cm³/mol. The molecule has 2 nitrogen and oxygen atoms in total. The van der Waals surface area contributed by atoms with Gasteiger partial charge in [-0.2, -0.15) is 0 Å². The van der Waals surface area contributed by atoms with E-state index in [-0.39, 0.29) is 11.6 Å². The Balaban J connectivity index is 1.11. The van der Waals surface area contributed by atoms with Crippen molar-refractivity contribution >= 4 is 44.9 Å². The third-order valence-corrected chi connectivity index (χ3v) is 17.9. The first-order chi connectivity index (χ1) is 40.6. The Kier molecular flexibility index (Phi) is 12.5. The van der Waals surface area contributed by atoms with Crippen molar-refractivity contribution in [2.45, 2.75) is 66.2 Å². The second-order valence-electron chi connectivity index (χ2n) is 24.2. The summed E-state index contributed by atoms with van der Waals surface area (Å²) in [6, 6.07) is 84.3. The number of para-hydroxylation sites is 2. The number of fused-ring (bicyclic) bond motifs is 7. The SMILES string of the molecule is Cc1cc(C)cc(N(c2ccccc2)c2ccc3c(c2)C(C)(C)c2cc4c(-c5c(F)cccc5-c5ccccc5)c5c(cc4c(-c4c(F)cccc4-c4ccccc4)c2-3)C(C)(C)c2cc(N(c3ccccc3)c3cc(C)cc(C)c3)ccc2-5)c1. The standard InChI is InChI=1S/C80H64F2N2/c1-49-39-50(2)42-59(41-49)83(55-27-17-11-18-28-55)57-35-37-63-67(45-57)79(5,6)69-47-65-66(77(73(63)69)75-61(31-21-33-71(75)81)53-23-13-9-14-24-53)48-70-74(78(65)76-62(32-22-34-72(76)82)54-25-15-10-16-26-54)64-38-36-58(46-68(64)80(70,7)8)84(56-29-19-12-20-30-56)60-43-51(3)40-52(4)44-60/h9-48H,1-8H3. The lowest BCUT2D eigenvalue weighted by Gasteiger charge is -2.29. The number of aryl methyl sites for hydroxylation is 4. The van der Waals surface area contributed by atoms with Gasteiger partial charge in [-0.05, 0) is 225 Å². The van der Waals surface area contributed by atoms with Crippen molar-refractivity contribution in [3.63, 3.8) is 0 Å². The fourth-order valence-electron chi connectivity index (χ4n) is 14.2. The Hall–Kier alpha value is -9.64. The molecule has 0 spiro atoms. The molecule has 0 aromatic heterocycles. The van der Waals surface area contributed by atoms with Gasteiger partial charge in [-0.25, -0.2) is 8.78 Å². The van der Waals surface area contributed by atoms with Crippen molar-refractivity contribution in [1.29, 1.82) is 0 Å². The van der Waals surface area contributed by atoms with Crippen LogP contribution in [-0.2, 0) is 10.8 Å². The lowest BCUT2D eigenvalue weighted by atomic mass is 9.75. The molecule has 0 amide bonds. The first-order valence-electron chi connectivity index (χ1n) is 29.2. The van der Waals surface area contributed by atoms with Crippen molar-refractivity contribution in [3.8, 4) is 66.8 Å². The minimum atomic E-state index is -0.623. The van der Waals surface area contributed by atoms with E-state index in [1.54, 1.807) is 12.1 Å². The molecular formula is C80H64F2N2. The first-order valence-corrected chi connectivity index (χ1v) is 29.2. The van der Waals surface area contributed by atoms with Crippen molar-refractivity contribution < 1.29 is 8.78 Å². The average molecular weight is 1090 g/mol. The molecule has 0 atom stereocenters. The van der Waals surface area contributed by atoms with Crippen LogP contribution in [0, 0.1) is 39.3 Å². The molecule has 0 fully saturated rings. The smallest absolute Gasteiger partial charge is 0.131 e. The maximum atomic E-state index is 18.2. The number of rotatable bonds is 10. The Morgan fingerprint density at radius 2 is 0.607 bits per heavy atom. The highest BCUT2D eigenvalue weighted by Gasteiger charge is 2.44. The van der Waals surface area contributed by atoms with Gasteiger partial charge in [-0.15, -0.1) is 0 Å². The maximum absolute atomic E-state index is 18.2. The largest absolute Gasteiger partial charge is 0.310 e. The summed E-state index contributed by atoms with van der Waals surface area (Å²) in [7, 11) is 0. The van der Waals surface area contributed by atoms with E-state index in [1.807, 2.05) is 48.5 Å². The third-order valence-electron chi connectivity index (χ3n) is 17.9. The van der Waals surface area contributed by atoms with E-state index < -0.39 is 10.8 Å². The Labute approximate surface area is 492 Å². The lowest BCUT2D eigenvalue weighted by Crippen LogP contribution is -2.17. The molecule has 0 saturated carbocycles. The van der Waals surface area contributed by atoms with Crippen LogP contribution in [0.3, 0.4) is 0 Å². The Morgan fingerprint density at radius 1 is 0.262 bits per heavy atom. The van der Waals surface area contributed by atoms with E-state index in [9.17, 15) is 0 Å². The molecule has 12 aromatic carbocycles. The summed E-state index contributed by atoms with van der Waals surface area (Å²) in [6.45, 7) is 17.8. The lowest BCUT2D eigenvalue weighted by molar-refractivity contribution is 0.631. The van der Waals surface area contributed by atoms with Crippen LogP contribution in [0.1, 0.15) is 72.2 Å². The van der Waals surface area contributed by atoms with Crippen LogP contribution in [0.2, 0.25) is 0 Å². The second-order valence-corrected chi connectivity index (χ2v) is 24.2. The van der Waals surface area contributed by atoms with E-state index in [0.29, 0.717) is 11.1 Å². The zero-order chi connectivity index (χ0) is 57.8. The summed E-state index contributed by atoms with van der Waals surface area (Å²) in [4.78, 5) is 4.69. The fraction of sp³-hybridized carbons (Fsp3) is 0.125. The van der Waals surface area contributed by atoms with Gasteiger partial charge in [-0.3, -0.25) is 0 Å². The number of benzene rings is 12. The van der Waals surface area contributed by atoms with Gasteiger partial charge in [0.2, 0.25) is 0 Å². The van der Waals surface area contributed by atoms with E-state index in [0.717, 1.165) is 123 Å². The highest BCUT2D eigenvalue weighted by atomic mass is 19.1. The number of nitrogens with zero attached hydrogens (tertiary/aromatic N) is 2. The van der Waals surface area contributed by atoms with Gasteiger partial charge in [0, 0.05) is 67.2 Å². The molecule has 4 heteroatoms. The molecule has 0 heterocycles. The average Bonchev–Trinajstić information content (AvgIpc) is 1.52. The zero-order valence-corrected chi connectivity index (χ0v) is 48.7. The molecule has 0 saturated heterocycles. The molecule has 0 aliphatic heterocycles. The first kappa shape index (κ1) is 52.4. The molecule has 14 rings (SSSR count). The normalized spacial score (nSPS) is 13.3. The molecule has 2 aliphatic carbocycles. The number of halogens is 2. The van der Waals surface area contributed by atoms with Crippen molar-refractivity contribution in [3.05, 3.63) is 299 Å². The quantitative estimate of drug-likeness (QED) is 0.135. The van der Waals surface area contributed by atoms with Crippen molar-refractivity contribution in [1.82, 2.24) is 0 Å². The minimum Gasteiger partial charge on any atom is -0.310 e. The fourth-order valence-corrected chi connectivity index (χ4v) is 14.2. The molecule has 0 N–H and O–H groups in total. The van der Waals surface area contributed by atoms with Gasteiger partial charge < -0.3 is 9.80 Å². The highest BCUT2D eigenvalue weighted by molar-refractivity contribution is 6.19. The molecular weight excluding hydrogens is 1030 g/mol. The number of hydrogen-bond acceptors (Lipinski definition) is 2. The zero-order valence-electron chi connectivity index (χ0n) is 48.7. The molecule has 12 aromatic rings.